The summed E-state index contributed by atoms with van der Waals surface area (Å²) >= 11 is 0. The van der Waals surface area contributed by atoms with Gasteiger partial charge in [0.05, 0.1) is 6.61 Å². The standard InChI is InChI=1S/C16H23FN2O/c17-14-4-6-15(7-5-14)20-10-2-9-19-11-13-3-1-8-18-16(13)12-19/h4-7,13,16,18H,1-3,8-12H2. The molecule has 3 nitrogen and oxygen atoms in total. The molecule has 2 atom stereocenters. The van der Waals surface area contributed by atoms with E-state index in [4.69, 9.17) is 4.74 Å². The molecule has 1 aromatic rings. The number of hydrogen-bond acceptors (Lipinski definition) is 3. The molecular weight excluding hydrogens is 255 g/mol. The van der Waals surface area contributed by atoms with Crippen LogP contribution in [0.15, 0.2) is 24.3 Å². The molecule has 0 aromatic heterocycles. The second-order valence-corrected chi connectivity index (χ2v) is 5.88. The van der Waals surface area contributed by atoms with Crippen molar-refractivity contribution < 1.29 is 9.13 Å². The lowest BCUT2D eigenvalue weighted by molar-refractivity contribution is 0.257. The largest absolute Gasteiger partial charge is 0.494 e. The maximum absolute atomic E-state index is 12.8. The Hall–Kier alpha value is -1.13. The number of hydrogen-bond donors (Lipinski definition) is 1. The van der Waals surface area contributed by atoms with Gasteiger partial charge in [0, 0.05) is 25.7 Å². The predicted octanol–water partition coefficient (Wildman–Crippen LogP) is 2.28. The molecule has 0 spiro atoms. The van der Waals surface area contributed by atoms with Crippen molar-refractivity contribution in [3.8, 4) is 5.75 Å². The number of piperidine rings is 1. The number of benzene rings is 1. The maximum Gasteiger partial charge on any atom is 0.123 e. The van der Waals surface area contributed by atoms with Crippen LogP contribution in [0.3, 0.4) is 0 Å². The van der Waals surface area contributed by atoms with Crippen LogP contribution in [0.1, 0.15) is 19.3 Å². The Kier molecular flexibility index (Phi) is 4.53. The summed E-state index contributed by atoms with van der Waals surface area (Å²) in [5.74, 6) is 1.38. The van der Waals surface area contributed by atoms with Crippen LogP contribution >= 0.6 is 0 Å². The van der Waals surface area contributed by atoms with Crippen molar-refractivity contribution in [3.63, 3.8) is 0 Å². The monoisotopic (exact) mass is 278 g/mol. The molecule has 110 valence electrons. The van der Waals surface area contributed by atoms with Crippen LogP contribution in [0.4, 0.5) is 4.39 Å². The normalized spacial score (nSPS) is 26.4. The summed E-state index contributed by atoms with van der Waals surface area (Å²) in [4.78, 5) is 2.54. The summed E-state index contributed by atoms with van der Waals surface area (Å²) in [6, 6.07) is 6.95. The topological polar surface area (TPSA) is 24.5 Å². The third kappa shape index (κ3) is 3.49. The number of fused-ring (bicyclic) bond motifs is 1. The van der Waals surface area contributed by atoms with Crippen LogP contribution in [0, 0.1) is 11.7 Å². The van der Waals surface area contributed by atoms with Gasteiger partial charge in [-0.05, 0) is 56.0 Å². The second kappa shape index (κ2) is 6.55. The quantitative estimate of drug-likeness (QED) is 0.836. The Morgan fingerprint density at radius 3 is 2.90 bits per heavy atom. The van der Waals surface area contributed by atoms with Crippen molar-refractivity contribution in [3.05, 3.63) is 30.1 Å². The first-order chi connectivity index (χ1) is 9.81. The zero-order chi connectivity index (χ0) is 13.8. The van der Waals surface area contributed by atoms with Crippen LogP contribution < -0.4 is 10.1 Å². The smallest absolute Gasteiger partial charge is 0.123 e. The maximum atomic E-state index is 12.8. The van der Waals surface area contributed by atoms with Gasteiger partial charge in [0.25, 0.3) is 0 Å². The Bertz CT molecular complexity index is 409. The molecule has 0 amide bonds. The number of likely N-dealkylation sites (tertiary alicyclic amines) is 1. The highest BCUT2D eigenvalue weighted by atomic mass is 19.1. The highest BCUT2D eigenvalue weighted by molar-refractivity contribution is 5.21. The van der Waals surface area contributed by atoms with E-state index in [1.54, 1.807) is 12.1 Å². The zero-order valence-electron chi connectivity index (χ0n) is 11.9. The molecule has 2 heterocycles. The van der Waals surface area contributed by atoms with Crippen molar-refractivity contribution in [2.24, 2.45) is 5.92 Å². The summed E-state index contributed by atoms with van der Waals surface area (Å²) in [5, 5.41) is 3.62. The molecule has 0 bridgehead atoms. The fourth-order valence-corrected chi connectivity index (χ4v) is 3.33. The van der Waals surface area contributed by atoms with E-state index in [0.717, 1.165) is 24.6 Å². The first-order valence-corrected chi connectivity index (χ1v) is 7.65. The van der Waals surface area contributed by atoms with Gasteiger partial charge in [-0.1, -0.05) is 0 Å². The van der Waals surface area contributed by atoms with Crippen molar-refractivity contribution in [2.75, 3.05) is 32.8 Å². The molecule has 0 saturated carbocycles. The third-order valence-electron chi connectivity index (χ3n) is 4.38. The van der Waals surface area contributed by atoms with Crippen LogP contribution in [0.2, 0.25) is 0 Å². The fraction of sp³-hybridized carbons (Fsp3) is 0.625. The van der Waals surface area contributed by atoms with Gasteiger partial charge < -0.3 is 15.0 Å². The van der Waals surface area contributed by atoms with Crippen LogP contribution in [0.5, 0.6) is 5.75 Å². The summed E-state index contributed by atoms with van der Waals surface area (Å²) in [5.41, 5.74) is 0. The minimum absolute atomic E-state index is 0.218. The molecule has 20 heavy (non-hydrogen) atoms. The third-order valence-corrected chi connectivity index (χ3v) is 4.38. The lowest BCUT2D eigenvalue weighted by Crippen LogP contribution is -2.40. The molecule has 0 aliphatic carbocycles. The first-order valence-electron chi connectivity index (χ1n) is 7.65. The van der Waals surface area contributed by atoms with E-state index in [2.05, 4.69) is 10.2 Å². The molecule has 2 aliphatic heterocycles. The summed E-state index contributed by atoms with van der Waals surface area (Å²) < 4.78 is 18.4. The highest BCUT2D eigenvalue weighted by Crippen LogP contribution is 2.24. The van der Waals surface area contributed by atoms with Crippen molar-refractivity contribution in [1.29, 1.82) is 0 Å². The van der Waals surface area contributed by atoms with E-state index < -0.39 is 0 Å². The molecular formula is C16H23FN2O. The number of nitrogens with zero attached hydrogens (tertiary/aromatic N) is 1. The average molecular weight is 278 g/mol. The van der Waals surface area contributed by atoms with Crippen molar-refractivity contribution >= 4 is 0 Å². The van der Waals surface area contributed by atoms with Gasteiger partial charge in [0.1, 0.15) is 11.6 Å². The van der Waals surface area contributed by atoms with Gasteiger partial charge in [-0.15, -0.1) is 0 Å². The average Bonchev–Trinajstić information content (AvgIpc) is 2.88. The second-order valence-electron chi connectivity index (χ2n) is 5.88. The molecule has 0 radical (unpaired) electrons. The summed E-state index contributed by atoms with van der Waals surface area (Å²) in [6.45, 7) is 5.39. The molecule has 4 heteroatoms. The number of halogens is 1. The lowest BCUT2D eigenvalue weighted by Gasteiger charge is -2.24. The summed E-state index contributed by atoms with van der Waals surface area (Å²) in [7, 11) is 0. The molecule has 2 unspecified atom stereocenters. The predicted molar refractivity (Wildman–Crippen MR) is 77.5 cm³/mol. The Labute approximate surface area is 120 Å². The molecule has 1 N–H and O–H groups in total. The van der Waals surface area contributed by atoms with Crippen molar-refractivity contribution in [2.45, 2.75) is 25.3 Å². The van der Waals surface area contributed by atoms with Crippen LogP contribution in [-0.2, 0) is 0 Å². The molecule has 1 aromatic carbocycles. The highest BCUT2D eigenvalue weighted by Gasteiger charge is 2.33. The molecule has 2 fully saturated rings. The van der Waals surface area contributed by atoms with E-state index in [1.807, 2.05) is 0 Å². The van der Waals surface area contributed by atoms with Gasteiger partial charge >= 0.3 is 0 Å². The zero-order valence-corrected chi connectivity index (χ0v) is 11.9. The van der Waals surface area contributed by atoms with E-state index in [9.17, 15) is 4.39 Å². The van der Waals surface area contributed by atoms with Gasteiger partial charge in [-0.3, -0.25) is 0 Å². The van der Waals surface area contributed by atoms with E-state index >= 15 is 0 Å². The van der Waals surface area contributed by atoms with E-state index in [-0.39, 0.29) is 5.82 Å². The number of rotatable bonds is 5. The Morgan fingerprint density at radius 2 is 2.10 bits per heavy atom. The van der Waals surface area contributed by atoms with Gasteiger partial charge in [0.2, 0.25) is 0 Å². The van der Waals surface area contributed by atoms with Crippen LogP contribution in [0.25, 0.3) is 0 Å². The Balaban J connectivity index is 1.35. The van der Waals surface area contributed by atoms with Crippen LogP contribution in [-0.4, -0.2) is 43.7 Å². The van der Waals surface area contributed by atoms with Gasteiger partial charge in [-0.2, -0.15) is 0 Å². The summed E-state index contributed by atoms with van der Waals surface area (Å²) in [6.07, 6.45) is 3.72. The Morgan fingerprint density at radius 1 is 1.25 bits per heavy atom. The molecule has 3 rings (SSSR count). The van der Waals surface area contributed by atoms with E-state index in [1.165, 1.54) is 44.6 Å². The van der Waals surface area contributed by atoms with E-state index in [0.29, 0.717) is 12.6 Å². The first kappa shape index (κ1) is 13.8. The van der Waals surface area contributed by atoms with Gasteiger partial charge in [-0.25, -0.2) is 4.39 Å². The fourth-order valence-electron chi connectivity index (χ4n) is 3.33. The van der Waals surface area contributed by atoms with Crippen molar-refractivity contribution in [1.82, 2.24) is 10.2 Å². The number of ether oxygens (including phenoxy) is 1. The number of nitrogens with one attached hydrogen (secondary N) is 1. The minimum Gasteiger partial charge on any atom is -0.494 e. The SMILES string of the molecule is Fc1ccc(OCCCN2CC3CCCNC3C2)cc1. The molecule has 2 saturated heterocycles. The lowest BCUT2D eigenvalue weighted by atomic mass is 9.94. The minimum atomic E-state index is -0.218. The van der Waals surface area contributed by atoms with Gasteiger partial charge in [0.15, 0.2) is 0 Å². The molecule has 2 aliphatic rings.